The van der Waals surface area contributed by atoms with Crippen molar-refractivity contribution in [3.63, 3.8) is 0 Å². The molecule has 2 rings (SSSR count). The van der Waals surface area contributed by atoms with Crippen LogP contribution in [0, 0.1) is 0 Å². The fourth-order valence-corrected chi connectivity index (χ4v) is 2.46. The van der Waals surface area contributed by atoms with Crippen LogP contribution in [0.25, 0.3) is 0 Å². The molecule has 1 atom stereocenters. The van der Waals surface area contributed by atoms with Crippen LogP contribution in [0.15, 0.2) is 16.6 Å². The van der Waals surface area contributed by atoms with Gasteiger partial charge in [0.25, 0.3) is 0 Å². The van der Waals surface area contributed by atoms with E-state index < -0.39 is 12.2 Å². The van der Waals surface area contributed by atoms with Crippen LogP contribution in [0.3, 0.4) is 0 Å². The summed E-state index contributed by atoms with van der Waals surface area (Å²) in [6, 6.07) is 3.36. The Balaban J connectivity index is 2.30. The summed E-state index contributed by atoms with van der Waals surface area (Å²) in [5.41, 5.74) is 6.55. The van der Waals surface area contributed by atoms with Gasteiger partial charge in [-0.05, 0) is 24.1 Å². The molecule has 1 amide bonds. The smallest absolute Gasteiger partial charge is 0.404 e. The van der Waals surface area contributed by atoms with Crippen LogP contribution in [0.5, 0.6) is 5.75 Å². The first kappa shape index (κ1) is 12.2. The summed E-state index contributed by atoms with van der Waals surface area (Å²) < 4.78 is 11.1. The Morgan fingerprint density at radius 1 is 1.65 bits per heavy atom. The van der Waals surface area contributed by atoms with Crippen molar-refractivity contribution in [1.82, 2.24) is 0 Å². The summed E-state index contributed by atoms with van der Waals surface area (Å²) in [5.74, 6) is 0.140. The molecule has 1 aromatic carbocycles. The number of halogens is 1. The number of benzene rings is 1. The Labute approximate surface area is 107 Å². The molecule has 92 valence electrons. The number of ether oxygens (including phenoxy) is 2. The van der Waals surface area contributed by atoms with Crippen molar-refractivity contribution in [2.45, 2.75) is 12.5 Å². The number of hydrogen-bond acceptors (Lipinski definition) is 4. The lowest BCUT2D eigenvalue weighted by Crippen LogP contribution is -2.24. The van der Waals surface area contributed by atoms with E-state index in [0.29, 0.717) is 18.6 Å². The topological polar surface area (TPSA) is 81.8 Å². The third kappa shape index (κ3) is 2.53. The third-order valence-corrected chi connectivity index (χ3v) is 3.39. The maximum Gasteiger partial charge on any atom is 0.404 e. The first-order valence-electron chi connectivity index (χ1n) is 5.13. The van der Waals surface area contributed by atoms with Crippen molar-refractivity contribution in [1.29, 1.82) is 0 Å². The Hall–Kier alpha value is -1.27. The molecule has 1 aliphatic heterocycles. The van der Waals surface area contributed by atoms with E-state index in [1.165, 1.54) is 0 Å². The molecule has 0 aliphatic carbocycles. The summed E-state index contributed by atoms with van der Waals surface area (Å²) in [6.45, 7) is 0.522. The number of aromatic hydroxyl groups is 1. The van der Waals surface area contributed by atoms with Crippen LogP contribution in [0.4, 0.5) is 4.79 Å². The van der Waals surface area contributed by atoms with Crippen molar-refractivity contribution >= 4 is 22.0 Å². The third-order valence-electron chi connectivity index (χ3n) is 2.65. The number of phenolic OH excluding ortho intramolecular Hbond substituents is 1. The quantitative estimate of drug-likeness (QED) is 0.873. The van der Waals surface area contributed by atoms with Crippen LogP contribution in [-0.4, -0.2) is 24.4 Å². The van der Waals surface area contributed by atoms with E-state index in [1.54, 1.807) is 12.1 Å². The highest BCUT2D eigenvalue weighted by atomic mass is 79.9. The molecule has 17 heavy (non-hydrogen) atoms. The second kappa shape index (κ2) is 4.93. The number of rotatable bonds is 2. The van der Waals surface area contributed by atoms with Crippen molar-refractivity contribution in [2.24, 2.45) is 5.73 Å². The highest BCUT2D eigenvalue weighted by Gasteiger charge is 2.26. The Kier molecular flexibility index (Phi) is 3.54. The Morgan fingerprint density at radius 2 is 2.41 bits per heavy atom. The monoisotopic (exact) mass is 301 g/mol. The normalized spacial score (nSPS) is 18.5. The summed E-state index contributed by atoms with van der Waals surface area (Å²) in [5, 5.41) is 9.84. The number of carbonyl (C=O) groups excluding carboxylic acids is 1. The minimum absolute atomic E-state index is 0.00630. The second-order valence-electron chi connectivity index (χ2n) is 3.70. The summed E-state index contributed by atoms with van der Waals surface area (Å²) >= 11 is 3.42. The molecule has 0 saturated carbocycles. The van der Waals surface area contributed by atoms with Crippen LogP contribution < -0.4 is 5.73 Å². The average molecular weight is 302 g/mol. The standard InChI is InChI=1S/C11H12BrNO4/c12-7-1-2-8(14)10-6(7)3-4-16-9(10)5-17-11(13)15/h1-2,9,14H,3-5H2,(H2,13,15). The fraction of sp³-hybridized carbons (Fsp3) is 0.364. The molecule has 1 aliphatic rings. The van der Waals surface area contributed by atoms with Gasteiger partial charge in [0.15, 0.2) is 0 Å². The largest absolute Gasteiger partial charge is 0.508 e. The van der Waals surface area contributed by atoms with Gasteiger partial charge in [-0.25, -0.2) is 4.79 Å². The molecule has 0 fully saturated rings. The van der Waals surface area contributed by atoms with Crippen LogP contribution in [-0.2, 0) is 15.9 Å². The fourth-order valence-electron chi connectivity index (χ4n) is 1.91. The predicted molar refractivity (Wildman–Crippen MR) is 63.7 cm³/mol. The number of fused-ring (bicyclic) bond motifs is 1. The number of hydrogen-bond donors (Lipinski definition) is 2. The first-order chi connectivity index (χ1) is 8.09. The predicted octanol–water partition coefficient (Wildman–Crippen LogP) is 1.86. The van der Waals surface area contributed by atoms with E-state index in [9.17, 15) is 9.90 Å². The second-order valence-corrected chi connectivity index (χ2v) is 4.55. The molecule has 0 saturated heterocycles. The van der Waals surface area contributed by atoms with Gasteiger partial charge in [-0.3, -0.25) is 0 Å². The molecule has 0 bridgehead atoms. The lowest BCUT2D eigenvalue weighted by atomic mass is 9.97. The molecule has 3 N–H and O–H groups in total. The van der Waals surface area contributed by atoms with Gasteiger partial charge in [-0.2, -0.15) is 0 Å². The molecule has 0 spiro atoms. The molecular weight excluding hydrogens is 290 g/mol. The lowest BCUT2D eigenvalue weighted by molar-refractivity contribution is -0.00374. The highest BCUT2D eigenvalue weighted by Crippen LogP contribution is 2.38. The zero-order chi connectivity index (χ0) is 12.4. The minimum atomic E-state index is -0.852. The van der Waals surface area contributed by atoms with Crippen LogP contribution >= 0.6 is 15.9 Å². The van der Waals surface area contributed by atoms with Gasteiger partial charge in [0.2, 0.25) is 0 Å². The van der Waals surface area contributed by atoms with Crippen molar-refractivity contribution < 1.29 is 19.4 Å². The van der Waals surface area contributed by atoms with Crippen LogP contribution in [0.1, 0.15) is 17.2 Å². The number of phenols is 1. The van der Waals surface area contributed by atoms with E-state index in [-0.39, 0.29) is 12.4 Å². The molecule has 1 aromatic rings. The molecule has 0 aromatic heterocycles. The number of primary amides is 1. The maximum absolute atomic E-state index is 10.6. The van der Waals surface area contributed by atoms with Gasteiger partial charge < -0.3 is 20.3 Å². The van der Waals surface area contributed by atoms with Gasteiger partial charge in [0, 0.05) is 10.0 Å². The van der Waals surface area contributed by atoms with E-state index in [2.05, 4.69) is 15.9 Å². The van der Waals surface area contributed by atoms with Crippen molar-refractivity contribution in [2.75, 3.05) is 13.2 Å². The molecular formula is C11H12BrNO4. The summed E-state index contributed by atoms with van der Waals surface area (Å²) in [7, 11) is 0. The van der Waals surface area contributed by atoms with E-state index in [0.717, 1.165) is 10.0 Å². The molecule has 5 nitrogen and oxygen atoms in total. The zero-order valence-corrected chi connectivity index (χ0v) is 10.6. The number of carbonyl (C=O) groups is 1. The SMILES string of the molecule is NC(=O)OCC1OCCc2c(Br)ccc(O)c21. The van der Waals surface area contributed by atoms with Gasteiger partial charge >= 0.3 is 6.09 Å². The highest BCUT2D eigenvalue weighted by molar-refractivity contribution is 9.10. The molecule has 6 heteroatoms. The van der Waals surface area contributed by atoms with E-state index >= 15 is 0 Å². The average Bonchev–Trinajstić information content (AvgIpc) is 2.31. The van der Waals surface area contributed by atoms with Crippen LogP contribution in [0.2, 0.25) is 0 Å². The van der Waals surface area contributed by atoms with Gasteiger partial charge in [0.1, 0.15) is 18.5 Å². The van der Waals surface area contributed by atoms with Gasteiger partial charge in [0.05, 0.1) is 6.61 Å². The van der Waals surface area contributed by atoms with Crippen molar-refractivity contribution in [3.8, 4) is 5.75 Å². The maximum atomic E-state index is 10.6. The Bertz CT molecular complexity index is 449. The summed E-state index contributed by atoms with van der Waals surface area (Å²) in [4.78, 5) is 10.6. The van der Waals surface area contributed by atoms with E-state index in [1.807, 2.05) is 0 Å². The molecule has 1 unspecified atom stereocenters. The Morgan fingerprint density at radius 3 is 3.12 bits per heavy atom. The van der Waals surface area contributed by atoms with Crippen molar-refractivity contribution in [3.05, 3.63) is 27.7 Å². The van der Waals surface area contributed by atoms with E-state index in [4.69, 9.17) is 15.2 Å². The number of nitrogens with two attached hydrogens (primary N) is 1. The summed E-state index contributed by atoms with van der Waals surface area (Å²) in [6.07, 6.45) is -0.615. The van der Waals surface area contributed by atoms with Gasteiger partial charge in [-0.15, -0.1) is 0 Å². The first-order valence-corrected chi connectivity index (χ1v) is 5.93. The number of amides is 1. The zero-order valence-electron chi connectivity index (χ0n) is 8.98. The lowest BCUT2D eigenvalue weighted by Gasteiger charge is -2.27. The molecule has 0 radical (unpaired) electrons. The molecule has 1 heterocycles. The van der Waals surface area contributed by atoms with Gasteiger partial charge in [-0.1, -0.05) is 15.9 Å². The minimum Gasteiger partial charge on any atom is -0.508 e.